The van der Waals surface area contributed by atoms with Gasteiger partial charge in [-0.15, -0.1) is 24.0 Å². The van der Waals surface area contributed by atoms with E-state index in [0.29, 0.717) is 0 Å². The lowest BCUT2D eigenvalue weighted by Crippen LogP contribution is -2.60. The Hall–Kier alpha value is -6.21. The van der Waals surface area contributed by atoms with E-state index in [1.807, 2.05) is 11.3 Å². The molecular weight excluding hydrogens is 756 g/mol. The quantitative estimate of drug-likeness (QED) is 0.139. The number of hydrogen-bond donors (Lipinski definition) is 1. The Labute approximate surface area is 351 Å². The molecule has 2 aliphatic heterocycles. The number of benzene rings is 8. The topological polar surface area (TPSA) is 21.3 Å². The van der Waals surface area contributed by atoms with E-state index in [9.17, 15) is 0 Å². The van der Waals surface area contributed by atoms with Crippen molar-refractivity contribution >= 4 is 117 Å². The zero-order valence-corrected chi connectivity index (χ0v) is 34.8. The smallest absolute Gasteiger partial charge is 0.333 e. The summed E-state index contributed by atoms with van der Waals surface area (Å²) in [5.41, 5.74) is 17.9. The minimum absolute atomic E-state index is 0.0348. The molecule has 2 aliphatic rings. The van der Waals surface area contributed by atoms with Crippen molar-refractivity contribution in [1.82, 2.24) is 4.57 Å². The fraction of sp³-hybridized carbons (Fsp3) is 0.0943. The van der Waals surface area contributed by atoms with E-state index in [-0.39, 0.29) is 12.3 Å². The van der Waals surface area contributed by atoms with Crippen LogP contribution in [-0.2, 0) is 5.41 Å². The highest BCUT2D eigenvalue weighted by molar-refractivity contribution is 7.80. The molecule has 0 radical (unpaired) electrons. The van der Waals surface area contributed by atoms with Crippen molar-refractivity contribution in [2.45, 2.75) is 38.0 Å². The molecule has 3 aromatic heterocycles. The summed E-state index contributed by atoms with van der Waals surface area (Å²) in [6.45, 7) is 8.94. The molecule has 0 fully saturated rings. The third-order valence-electron chi connectivity index (χ3n) is 13.2. The predicted molar refractivity (Wildman–Crippen MR) is 256 cm³/mol. The largest absolute Gasteiger partial charge is 0.456 e. The summed E-state index contributed by atoms with van der Waals surface area (Å²) >= 11 is 7.11. The van der Waals surface area contributed by atoms with Crippen LogP contribution in [0.25, 0.3) is 91.9 Å². The third-order valence-corrected chi connectivity index (χ3v) is 14.7. The normalized spacial score (nSPS) is 13.4. The van der Waals surface area contributed by atoms with Crippen LogP contribution < -0.4 is 15.7 Å². The number of anilines is 2. The van der Waals surface area contributed by atoms with Crippen LogP contribution in [0.4, 0.5) is 11.4 Å². The molecule has 0 atom stereocenters. The first-order valence-corrected chi connectivity index (χ1v) is 21.7. The van der Waals surface area contributed by atoms with E-state index < -0.39 is 0 Å². The van der Waals surface area contributed by atoms with E-state index in [0.717, 1.165) is 37.9 Å². The summed E-state index contributed by atoms with van der Waals surface area (Å²) in [6.07, 6.45) is 0. The molecule has 0 amide bonds. The Morgan fingerprint density at radius 1 is 0.576 bits per heavy atom. The molecule has 0 saturated carbocycles. The fourth-order valence-corrected chi connectivity index (χ4v) is 11.8. The van der Waals surface area contributed by atoms with E-state index in [4.69, 9.17) is 17.0 Å². The number of aryl methyl sites for hydroxylation is 1. The summed E-state index contributed by atoms with van der Waals surface area (Å²) in [5, 5.41) is 7.34. The number of furan rings is 1. The highest BCUT2D eigenvalue weighted by Gasteiger charge is 2.44. The van der Waals surface area contributed by atoms with Gasteiger partial charge in [-0.1, -0.05) is 106 Å². The van der Waals surface area contributed by atoms with Gasteiger partial charge in [-0.2, -0.15) is 0 Å². The first-order valence-electron chi connectivity index (χ1n) is 20.4. The maximum atomic E-state index is 6.71. The first-order chi connectivity index (χ1) is 28.7. The second-order valence-corrected chi connectivity index (χ2v) is 19.1. The monoisotopic (exact) mass is 792 g/mol. The first kappa shape index (κ1) is 33.7. The standard InChI is InChI=1S/C53H37BN2OS2/c1-29-11-5-6-12-32(29)40-23-37-36-22-21-35-38-26-50-41(34-14-8-10-16-49(34)59-50)25-44(38)56(31-19-17-30(18-20-31)53(2,3)4)54-42-27-47-39(33-13-7-9-15-46(33)57-47)24-45(42)55(52(36)51(35)54)43(37)28-48(40)58/h5-28,58H,1-4H3. The number of hydrogen-bond acceptors (Lipinski definition) is 4. The van der Waals surface area contributed by atoms with E-state index in [1.54, 1.807) is 0 Å². The van der Waals surface area contributed by atoms with Crippen LogP contribution in [-0.4, -0.2) is 11.4 Å². The number of fused-ring (bicyclic) bond motifs is 14. The van der Waals surface area contributed by atoms with Gasteiger partial charge in [-0.25, -0.2) is 0 Å². The van der Waals surface area contributed by atoms with Gasteiger partial charge in [0.15, 0.2) is 0 Å². The van der Waals surface area contributed by atoms with Gasteiger partial charge in [0, 0.05) is 69.2 Å². The zero-order chi connectivity index (χ0) is 39.5. The van der Waals surface area contributed by atoms with Crippen molar-refractivity contribution in [3.05, 3.63) is 157 Å². The lowest BCUT2D eigenvalue weighted by Gasteiger charge is -2.42. The Morgan fingerprint density at radius 2 is 1.34 bits per heavy atom. The van der Waals surface area contributed by atoms with Gasteiger partial charge in [-0.3, -0.25) is 0 Å². The number of nitrogens with zero attached hydrogens (tertiary/aromatic N) is 2. The molecule has 11 aromatic rings. The molecule has 0 aliphatic carbocycles. The molecule has 0 N–H and O–H groups in total. The van der Waals surface area contributed by atoms with E-state index in [2.05, 4.69) is 183 Å². The molecule has 0 spiro atoms. The number of rotatable bonds is 2. The Kier molecular flexibility index (Phi) is 6.70. The van der Waals surface area contributed by atoms with E-state index >= 15 is 0 Å². The summed E-state index contributed by atoms with van der Waals surface area (Å²) in [6, 6.07) is 54.4. The van der Waals surface area contributed by atoms with Crippen LogP contribution in [0.2, 0.25) is 0 Å². The lowest BCUT2D eigenvalue weighted by atomic mass is 9.44. The summed E-state index contributed by atoms with van der Waals surface area (Å²) in [7, 11) is 0. The third kappa shape index (κ3) is 4.56. The highest BCUT2D eigenvalue weighted by atomic mass is 32.1. The molecule has 13 rings (SSSR count). The number of thiophene rings is 1. The number of aromatic nitrogens is 1. The second kappa shape index (κ2) is 11.7. The van der Waals surface area contributed by atoms with Crippen LogP contribution in [0.3, 0.4) is 0 Å². The second-order valence-electron chi connectivity index (χ2n) is 17.5. The summed E-state index contributed by atoms with van der Waals surface area (Å²) < 4.78 is 11.9. The summed E-state index contributed by atoms with van der Waals surface area (Å²) in [4.78, 5) is 3.60. The maximum absolute atomic E-state index is 6.71. The minimum Gasteiger partial charge on any atom is -0.456 e. The predicted octanol–water partition coefficient (Wildman–Crippen LogP) is 13.9. The molecule has 59 heavy (non-hydrogen) atoms. The molecule has 3 nitrogen and oxygen atoms in total. The van der Waals surface area contributed by atoms with Crippen molar-refractivity contribution in [3.63, 3.8) is 0 Å². The van der Waals surface area contributed by atoms with Crippen molar-refractivity contribution < 1.29 is 4.42 Å². The zero-order valence-electron chi connectivity index (χ0n) is 33.1. The van der Waals surface area contributed by atoms with E-state index in [1.165, 1.54) is 92.3 Å². The van der Waals surface area contributed by atoms with Gasteiger partial charge >= 0.3 is 6.85 Å². The lowest BCUT2D eigenvalue weighted by molar-refractivity contribution is 0.590. The van der Waals surface area contributed by atoms with Crippen LogP contribution in [0.5, 0.6) is 0 Å². The van der Waals surface area contributed by atoms with Gasteiger partial charge < -0.3 is 13.8 Å². The average molecular weight is 793 g/mol. The molecule has 280 valence electrons. The van der Waals surface area contributed by atoms with Gasteiger partial charge in [0.25, 0.3) is 0 Å². The van der Waals surface area contributed by atoms with Gasteiger partial charge in [0.1, 0.15) is 11.2 Å². The summed E-state index contributed by atoms with van der Waals surface area (Å²) in [5.74, 6) is 0. The van der Waals surface area contributed by atoms with Gasteiger partial charge in [0.05, 0.1) is 11.0 Å². The highest BCUT2D eigenvalue weighted by Crippen LogP contribution is 2.50. The Morgan fingerprint density at radius 3 is 2.17 bits per heavy atom. The molecule has 6 heteroatoms. The van der Waals surface area contributed by atoms with Crippen LogP contribution >= 0.6 is 24.0 Å². The SMILES string of the molecule is Cc1ccccc1-c1cc2c3ccc4c5c3n(c2cc1S)-c1cc2c(cc1B5N(c1ccc(C(C)(C)C)cc1)c1cc3c(cc1-4)sc1ccccc13)oc1ccccc12. The van der Waals surface area contributed by atoms with Crippen LogP contribution in [0.1, 0.15) is 31.9 Å². The molecule has 0 saturated heterocycles. The average Bonchev–Trinajstić information content (AvgIpc) is 3.90. The van der Waals surface area contributed by atoms with Crippen molar-refractivity contribution in [2.75, 3.05) is 4.81 Å². The fourth-order valence-electron chi connectivity index (χ4n) is 10.4. The number of thiol groups is 1. The minimum atomic E-state index is -0.125. The maximum Gasteiger partial charge on any atom is 0.333 e. The van der Waals surface area contributed by atoms with Crippen LogP contribution in [0.15, 0.2) is 155 Å². The van der Waals surface area contributed by atoms with Crippen molar-refractivity contribution in [2.24, 2.45) is 0 Å². The Balaban J connectivity index is 1.20. The van der Waals surface area contributed by atoms with Gasteiger partial charge in [0.2, 0.25) is 0 Å². The van der Waals surface area contributed by atoms with Crippen molar-refractivity contribution in [1.29, 1.82) is 0 Å². The van der Waals surface area contributed by atoms with Crippen molar-refractivity contribution in [3.8, 4) is 27.9 Å². The molecular formula is C53H37BN2OS2. The van der Waals surface area contributed by atoms with Gasteiger partial charge in [-0.05, 0) is 112 Å². The van der Waals surface area contributed by atoms with Crippen LogP contribution in [0, 0.1) is 6.92 Å². The molecule has 8 aromatic carbocycles. The molecule has 0 unspecified atom stereocenters. The molecule has 5 heterocycles. The molecule has 0 bridgehead atoms. The number of para-hydroxylation sites is 1. The Bertz CT molecular complexity index is 3640.